The van der Waals surface area contributed by atoms with E-state index in [0.29, 0.717) is 26.2 Å². The van der Waals surface area contributed by atoms with E-state index in [4.69, 9.17) is 0 Å². The summed E-state index contributed by atoms with van der Waals surface area (Å²) in [7, 11) is 0. The molecule has 2 aromatic rings. The number of aromatic hydroxyl groups is 1. The smallest absolute Gasteiger partial charge is 0.257 e. The normalized spacial score (nSPS) is 21.8. The first-order chi connectivity index (χ1) is 13.0. The van der Waals surface area contributed by atoms with Crippen molar-refractivity contribution in [2.75, 3.05) is 26.2 Å². The molecular formula is C21H21FN2O3. The van der Waals surface area contributed by atoms with Gasteiger partial charge in [-0.25, -0.2) is 4.39 Å². The van der Waals surface area contributed by atoms with Gasteiger partial charge >= 0.3 is 0 Å². The van der Waals surface area contributed by atoms with Crippen LogP contribution in [0.5, 0.6) is 5.75 Å². The second-order valence-corrected chi connectivity index (χ2v) is 7.13. The number of carbonyl (C=O) groups excluding carboxylic acids is 2. The van der Waals surface area contributed by atoms with Crippen LogP contribution in [0.3, 0.4) is 0 Å². The van der Waals surface area contributed by atoms with E-state index in [2.05, 4.69) is 0 Å². The summed E-state index contributed by atoms with van der Waals surface area (Å²) in [5, 5.41) is 9.85. The molecule has 1 N–H and O–H groups in total. The molecule has 0 bridgehead atoms. The third-order valence-corrected chi connectivity index (χ3v) is 5.42. The lowest BCUT2D eigenvalue weighted by Crippen LogP contribution is -2.51. The second-order valence-electron chi connectivity index (χ2n) is 7.13. The molecule has 0 spiro atoms. The van der Waals surface area contributed by atoms with E-state index >= 15 is 0 Å². The number of benzene rings is 2. The number of phenols is 1. The lowest BCUT2D eigenvalue weighted by molar-refractivity contribution is -0.134. The van der Waals surface area contributed by atoms with Gasteiger partial charge in [-0.1, -0.05) is 24.3 Å². The van der Waals surface area contributed by atoms with Crippen LogP contribution in [-0.4, -0.2) is 52.9 Å². The number of phenolic OH excluding ortho intramolecular Hbond substituents is 1. The molecule has 2 aromatic carbocycles. The van der Waals surface area contributed by atoms with Crippen molar-refractivity contribution in [2.45, 2.75) is 12.3 Å². The first-order valence-electron chi connectivity index (χ1n) is 9.16. The minimum atomic E-state index is -0.271. The molecule has 2 unspecified atom stereocenters. The van der Waals surface area contributed by atoms with Gasteiger partial charge < -0.3 is 14.9 Å². The predicted octanol–water partition coefficient (Wildman–Crippen LogP) is 2.62. The number of rotatable bonds is 3. The fourth-order valence-corrected chi connectivity index (χ4v) is 3.74. The Labute approximate surface area is 157 Å². The fourth-order valence-electron chi connectivity index (χ4n) is 3.74. The highest BCUT2D eigenvalue weighted by Crippen LogP contribution is 2.48. The van der Waals surface area contributed by atoms with Crippen molar-refractivity contribution in [2.24, 2.45) is 5.92 Å². The van der Waals surface area contributed by atoms with Gasteiger partial charge in [-0.05, 0) is 42.2 Å². The van der Waals surface area contributed by atoms with Crippen LogP contribution in [0.2, 0.25) is 0 Å². The Morgan fingerprint density at radius 3 is 2.22 bits per heavy atom. The van der Waals surface area contributed by atoms with Gasteiger partial charge in [0.2, 0.25) is 5.91 Å². The molecule has 2 fully saturated rings. The Hall–Kier alpha value is -2.89. The minimum absolute atomic E-state index is 0.0267. The topological polar surface area (TPSA) is 60.9 Å². The van der Waals surface area contributed by atoms with Crippen LogP contribution >= 0.6 is 0 Å². The van der Waals surface area contributed by atoms with Gasteiger partial charge in [-0.2, -0.15) is 0 Å². The zero-order valence-electron chi connectivity index (χ0n) is 14.8. The largest absolute Gasteiger partial charge is 0.507 e. The Kier molecular flexibility index (Phi) is 4.56. The number of para-hydroxylation sites is 1. The van der Waals surface area contributed by atoms with Crippen LogP contribution < -0.4 is 0 Å². The summed E-state index contributed by atoms with van der Waals surface area (Å²) in [4.78, 5) is 28.7. The number of halogens is 1. The van der Waals surface area contributed by atoms with E-state index in [9.17, 15) is 19.1 Å². The third-order valence-electron chi connectivity index (χ3n) is 5.42. The molecule has 2 amide bonds. The molecule has 0 aromatic heterocycles. The van der Waals surface area contributed by atoms with E-state index in [1.165, 1.54) is 18.2 Å². The number of hydrogen-bond donors (Lipinski definition) is 1. The van der Waals surface area contributed by atoms with Crippen LogP contribution in [0.15, 0.2) is 48.5 Å². The average molecular weight is 368 g/mol. The summed E-state index contributed by atoms with van der Waals surface area (Å²) in [6.45, 7) is 1.88. The minimum Gasteiger partial charge on any atom is -0.507 e. The maximum atomic E-state index is 13.0. The van der Waals surface area contributed by atoms with Gasteiger partial charge in [-0.15, -0.1) is 0 Å². The molecule has 1 saturated heterocycles. The van der Waals surface area contributed by atoms with Crippen molar-refractivity contribution < 1.29 is 19.1 Å². The van der Waals surface area contributed by atoms with Crippen LogP contribution in [0.4, 0.5) is 4.39 Å². The van der Waals surface area contributed by atoms with Crippen LogP contribution in [0, 0.1) is 11.7 Å². The molecular weight excluding hydrogens is 347 g/mol. The molecule has 1 saturated carbocycles. The van der Waals surface area contributed by atoms with E-state index in [1.807, 2.05) is 4.90 Å². The first-order valence-corrected chi connectivity index (χ1v) is 9.16. The average Bonchev–Trinajstić information content (AvgIpc) is 3.49. The summed E-state index contributed by atoms with van der Waals surface area (Å²) >= 11 is 0. The van der Waals surface area contributed by atoms with Gasteiger partial charge in [0, 0.05) is 32.1 Å². The van der Waals surface area contributed by atoms with Crippen molar-refractivity contribution in [3.8, 4) is 5.75 Å². The third kappa shape index (κ3) is 3.52. The zero-order chi connectivity index (χ0) is 19.0. The molecule has 1 aliphatic heterocycles. The Morgan fingerprint density at radius 2 is 1.56 bits per heavy atom. The fraction of sp³-hybridized carbons (Fsp3) is 0.333. The monoisotopic (exact) mass is 368 g/mol. The summed E-state index contributed by atoms with van der Waals surface area (Å²) in [5.74, 6) is -0.279. The van der Waals surface area contributed by atoms with E-state index in [0.717, 1.165) is 12.0 Å². The zero-order valence-corrected chi connectivity index (χ0v) is 14.8. The van der Waals surface area contributed by atoms with E-state index < -0.39 is 0 Å². The van der Waals surface area contributed by atoms with Crippen molar-refractivity contribution in [3.05, 3.63) is 65.5 Å². The lowest BCUT2D eigenvalue weighted by atomic mass is 10.1. The molecule has 140 valence electrons. The quantitative estimate of drug-likeness (QED) is 0.906. The highest BCUT2D eigenvalue weighted by atomic mass is 19.1. The SMILES string of the molecule is O=C(c1ccccc1O)N1CCN(C(=O)C2CC2c2ccc(F)cc2)CC1. The van der Waals surface area contributed by atoms with Crippen molar-refractivity contribution in [1.29, 1.82) is 0 Å². The van der Waals surface area contributed by atoms with Crippen molar-refractivity contribution in [1.82, 2.24) is 9.80 Å². The number of hydrogen-bond acceptors (Lipinski definition) is 3. The molecule has 27 heavy (non-hydrogen) atoms. The molecule has 2 atom stereocenters. The Morgan fingerprint density at radius 1 is 0.926 bits per heavy atom. The van der Waals surface area contributed by atoms with Gasteiger partial charge in [0.1, 0.15) is 11.6 Å². The maximum Gasteiger partial charge on any atom is 0.257 e. The summed E-state index contributed by atoms with van der Waals surface area (Å²) in [6, 6.07) is 12.8. The standard InChI is InChI=1S/C21H21FN2O3/c22-15-7-5-14(6-8-15)17-13-18(17)21(27)24-11-9-23(10-12-24)20(26)16-3-1-2-4-19(16)25/h1-8,17-18,25H,9-13H2. The first kappa shape index (κ1) is 17.5. The highest BCUT2D eigenvalue weighted by Gasteiger charge is 2.46. The van der Waals surface area contributed by atoms with Gasteiger partial charge in [-0.3, -0.25) is 9.59 Å². The molecule has 2 aliphatic rings. The van der Waals surface area contributed by atoms with Gasteiger partial charge in [0.15, 0.2) is 0 Å². The second kappa shape index (κ2) is 7.02. The number of piperazine rings is 1. The van der Waals surface area contributed by atoms with Gasteiger partial charge in [0.05, 0.1) is 5.56 Å². The summed E-state index contributed by atoms with van der Waals surface area (Å²) in [6.07, 6.45) is 0.793. The molecule has 6 heteroatoms. The van der Waals surface area contributed by atoms with Gasteiger partial charge in [0.25, 0.3) is 5.91 Å². The number of carbonyl (C=O) groups is 2. The predicted molar refractivity (Wildman–Crippen MR) is 97.8 cm³/mol. The molecule has 1 aliphatic carbocycles. The van der Waals surface area contributed by atoms with E-state index in [1.54, 1.807) is 35.2 Å². The van der Waals surface area contributed by atoms with Crippen molar-refractivity contribution in [3.63, 3.8) is 0 Å². The summed E-state index contributed by atoms with van der Waals surface area (Å²) in [5.41, 5.74) is 1.29. The Bertz CT molecular complexity index is 860. The van der Waals surface area contributed by atoms with Crippen LogP contribution in [0.1, 0.15) is 28.3 Å². The highest BCUT2D eigenvalue weighted by molar-refractivity contribution is 5.97. The summed E-state index contributed by atoms with van der Waals surface area (Å²) < 4.78 is 13.0. The maximum absolute atomic E-state index is 13.0. The molecule has 1 heterocycles. The van der Waals surface area contributed by atoms with Crippen molar-refractivity contribution >= 4 is 11.8 Å². The van der Waals surface area contributed by atoms with Crippen LogP contribution in [-0.2, 0) is 4.79 Å². The number of nitrogens with zero attached hydrogens (tertiary/aromatic N) is 2. The Balaban J connectivity index is 1.33. The molecule has 4 rings (SSSR count). The number of amides is 2. The lowest BCUT2D eigenvalue weighted by Gasteiger charge is -2.35. The van der Waals surface area contributed by atoms with Crippen LogP contribution in [0.25, 0.3) is 0 Å². The molecule has 0 radical (unpaired) electrons. The van der Waals surface area contributed by atoms with E-state index in [-0.39, 0.29) is 40.8 Å². The molecule has 5 nitrogen and oxygen atoms in total.